The third kappa shape index (κ3) is 3.27. The molecule has 20 heavy (non-hydrogen) atoms. The van der Waals surface area contributed by atoms with Crippen LogP contribution < -0.4 is 10.6 Å². The lowest BCUT2D eigenvalue weighted by Crippen LogP contribution is -2.23. The molecular formula is C15H17ClN4. The molecule has 0 amide bonds. The van der Waals surface area contributed by atoms with Crippen LogP contribution in [0.2, 0.25) is 5.02 Å². The fourth-order valence-corrected chi connectivity index (χ4v) is 2.24. The molecule has 1 aromatic heterocycles. The first-order chi connectivity index (χ1) is 9.47. The van der Waals surface area contributed by atoms with Gasteiger partial charge in [-0.1, -0.05) is 23.7 Å². The van der Waals surface area contributed by atoms with Crippen LogP contribution in [0.1, 0.15) is 16.8 Å². The zero-order valence-corrected chi connectivity index (χ0v) is 12.3. The maximum Gasteiger partial charge on any atom is 0.139 e. The highest BCUT2D eigenvalue weighted by Crippen LogP contribution is 2.20. The molecule has 1 aromatic carbocycles. The normalized spacial score (nSPS) is 10.3. The number of halogens is 1. The van der Waals surface area contributed by atoms with Crippen LogP contribution in [0.5, 0.6) is 0 Å². The second-order valence-corrected chi connectivity index (χ2v) is 5.16. The number of aryl methyl sites for hydroxylation is 1. The number of aromatic nitrogens is 1. The van der Waals surface area contributed by atoms with Crippen molar-refractivity contribution in [2.24, 2.45) is 5.73 Å². The molecule has 0 spiro atoms. The Morgan fingerprint density at radius 1 is 1.35 bits per heavy atom. The van der Waals surface area contributed by atoms with Crippen molar-refractivity contribution in [1.29, 1.82) is 5.41 Å². The summed E-state index contributed by atoms with van der Waals surface area (Å²) in [6, 6.07) is 11.4. The number of nitrogens with two attached hydrogens (primary N) is 1. The first-order valence-electron chi connectivity index (χ1n) is 6.25. The molecular weight excluding hydrogens is 272 g/mol. The van der Waals surface area contributed by atoms with E-state index in [2.05, 4.69) is 4.98 Å². The number of hydrogen-bond acceptors (Lipinski definition) is 3. The van der Waals surface area contributed by atoms with Gasteiger partial charge in [0.05, 0.1) is 5.56 Å². The van der Waals surface area contributed by atoms with E-state index in [0.29, 0.717) is 22.9 Å². The first-order valence-corrected chi connectivity index (χ1v) is 6.63. The van der Waals surface area contributed by atoms with Crippen molar-refractivity contribution in [3.63, 3.8) is 0 Å². The summed E-state index contributed by atoms with van der Waals surface area (Å²) in [4.78, 5) is 6.45. The lowest BCUT2D eigenvalue weighted by Gasteiger charge is -2.21. The van der Waals surface area contributed by atoms with Gasteiger partial charge in [-0.15, -0.1) is 0 Å². The van der Waals surface area contributed by atoms with Crippen LogP contribution in [0.3, 0.4) is 0 Å². The van der Waals surface area contributed by atoms with Gasteiger partial charge in [0.25, 0.3) is 0 Å². The maximum absolute atomic E-state index is 7.64. The number of nitrogens with zero attached hydrogens (tertiary/aromatic N) is 2. The van der Waals surface area contributed by atoms with Gasteiger partial charge in [-0.3, -0.25) is 5.41 Å². The molecule has 0 aliphatic carbocycles. The van der Waals surface area contributed by atoms with Gasteiger partial charge >= 0.3 is 0 Å². The average Bonchev–Trinajstić information content (AvgIpc) is 2.38. The Bertz CT molecular complexity index is 640. The van der Waals surface area contributed by atoms with Gasteiger partial charge in [-0.25, -0.2) is 4.98 Å². The largest absolute Gasteiger partial charge is 0.384 e. The van der Waals surface area contributed by atoms with E-state index in [-0.39, 0.29) is 5.84 Å². The van der Waals surface area contributed by atoms with Crippen molar-refractivity contribution < 1.29 is 0 Å². The highest BCUT2D eigenvalue weighted by Gasteiger charge is 2.12. The third-order valence-corrected chi connectivity index (χ3v) is 3.21. The number of benzene rings is 1. The van der Waals surface area contributed by atoms with Crippen LogP contribution in [-0.4, -0.2) is 17.9 Å². The second-order valence-electron chi connectivity index (χ2n) is 4.72. The Kier molecular flexibility index (Phi) is 4.25. The van der Waals surface area contributed by atoms with Crippen LogP contribution in [0.15, 0.2) is 36.4 Å². The van der Waals surface area contributed by atoms with Crippen LogP contribution in [0.25, 0.3) is 0 Å². The summed E-state index contributed by atoms with van der Waals surface area (Å²) >= 11 is 5.99. The van der Waals surface area contributed by atoms with Gasteiger partial charge in [0.2, 0.25) is 0 Å². The number of nitrogen functional groups attached to an aromatic ring is 1. The summed E-state index contributed by atoms with van der Waals surface area (Å²) in [5, 5.41) is 8.35. The van der Waals surface area contributed by atoms with E-state index in [9.17, 15) is 0 Å². The molecule has 5 heteroatoms. The molecule has 1 heterocycles. The lowest BCUT2D eigenvalue weighted by molar-refractivity contribution is 0.890. The topological polar surface area (TPSA) is 66.0 Å². The molecule has 0 atom stereocenters. The van der Waals surface area contributed by atoms with Gasteiger partial charge in [0.1, 0.15) is 11.7 Å². The Morgan fingerprint density at radius 2 is 2.10 bits per heavy atom. The van der Waals surface area contributed by atoms with E-state index >= 15 is 0 Å². The fourth-order valence-electron chi connectivity index (χ4n) is 2.03. The standard InChI is InChI=1S/C15H17ClN4/c1-10-6-7-13(14(17)18)15(19-10)20(2)9-11-4-3-5-12(16)8-11/h3-8H,9H2,1-2H3,(H3,17,18). The molecule has 0 radical (unpaired) electrons. The monoisotopic (exact) mass is 288 g/mol. The number of nitrogens with one attached hydrogen (secondary N) is 1. The van der Waals surface area contributed by atoms with Crippen molar-refractivity contribution in [2.75, 3.05) is 11.9 Å². The minimum absolute atomic E-state index is 0.0189. The molecule has 0 aliphatic rings. The summed E-state index contributed by atoms with van der Waals surface area (Å²) in [5.74, 6) is 0.725. The van der Waals surface area contributed by atoms with E-state index in [1.165, 1.54) is 0 Å². The summed E-state index contributed by atoms with van der Waals surface area (Å²) < 4.78 is 0. The predicted octanol–water partition coefficient (Wildman–Crippen LogP) is 2.96. The Labute approximate surface area is 123 Å². The van der Waals surface area contributed by atoms with Crippen LogP contribution in [0, 0.1) is 12.3 Å². The van der Waals surface area contributed by atoms with Gasteiger partial charge in [0.15, 0.2) is 0 Å². The predicted molar refractivity (Wildman–Crippen MR) is 83.5 cm³/mol. The average molecular weight is 289 g/mol. The van der Waals surface area contributed by atoms with E-state index in [1.54, 1.807) is 0 Å². The Balaban J connectivity index is 2.31. The van der Waals surface area contributed by atoms with Crippen LogP contribution >= 0.6 is 11.6 Å². The quantitative estimate of drug-likeness (QED) is 0.671. The number of amidine groups is 1. The van der Waals surface area contributed by atoms with Gasteiger partial charge in [0, 0.05) is 24.3 Å². The summed E-state index contributed by atoms with van der Waals surface area (Å²) in [5.41, 5.74) is 8.23. The first kappa shape index (κ1) is 14.3. The molecule has 104 valence electrons. The van der Waals surface area contributed by atoms with Crippen molar-refractivity contribution in [3.05, 3.63) is 58.2 Å². The Hall–Kier alpha value is -2.07. The number of anilines is 1. The fraction of sp³-hybridized carbons (Fsp3) is 0.200. The van der Waals surface area contributed by atoms with Crippen molar-refractivity contribution in [2.45, 2.75) is 13.5 Å². The molecule has 2 aromatic rings. The van der Waals surface area contributed by atoms with E-state index < -0.39 is 0 Å². The highest BCUT2D eigenvalue weighted by atomic mass is 35.5. The molecule has 0 unspecified atom stereocenters. The molecule has 0 saturated carbocycles. The second kappa shape index (κ2) is 5.92. The van der Waals surface area contributed by atoms with Crippen LogP contribution in [0.4, 0.5) is 5.82 Å². The zero-order chi connectivity index (χ0) is 14.7. The van der Waals surface area contributed by atoms with E-state index in [0.717, 1.165) is 11.3 Å². The van der Waals surface area contributed by atoms with E-state index in [4.69, 9.17) is 22.7 Å². The van der Waals surface area contributed by atoms with Gasteiger partial charge in [-0.2, -0.15) is 0 Å². The van der Waals surface area contributed by atoms with Crippen LogP contribution in [-0.2, 0) is 6.54 Å². The maximum atomic E-state index is 7.64. The lowest BCUT2D eigenvalue weighted by atomic mass is 10.1. The number of rotatable bonds is 4. The van der Waals surface area contributed by atoms with Gasteiger partial charge < -0.3 is 10.6 Å². The van der Waals surface area contributed by atoms with Crippen molar-refractivity contribution in [3.8, 4) is 0 Å². The number of pyridine rings is 1. The summed E-state index contributed by atoms with van der Waals surface area (Å²) in [6.07, 6.45) is 0. The molecule has 0 bridgehead atoms. The molecule has 4 nitrogen and oxygen atoms in total. The molecule has 0 saturated heterocycles. The third-order valence-electron chi connectivity index (χ3n) is 2.97. The van der Waals surface area contributed by atoms with Gasteiger partial charge in [-0.05, 0) is 36.8 Å². The minimum Gasteiger partial charge on any atom is -0.384 e. The minimum atomic E-state index is 0.0189. The van der Waals surface area contributed by atoms with Crippen molar-refractivity contribution in [1.82, 2.24) is 4.98 Å². The van der Waals surface area contributed by atoms with Crippen molar-refractivity contribution >= 4 is 23.3 Å². The highest BCUT2D eigenvalue weighted by molar-refractivity contribution is 6.30. The smallest absolute Gasteiger partial charge is 0.139 e. The van der Waals surface area contributed by atoms with E-state index in [1.807, 2.05) is 55.3 Å². The summed E-state index contributed by atoms with van der Waals surface area (Å²) in [6.45, 7) is 2.57. The SMILES string of the molecule is Cc1ccc(C(=N)N)c(N(C)Cc2cccc(Cl)c2)n1. The Morgan fingerprint density at radius 3 is 2.75 bits per heavy atom. The molecule has 0 fully saturated rings. The molecule has 3 N–H and O–H groups in total. The zero-order valence-electron chi connectivity index (χ0n) is 11.5. The summed E-state index contributed by atoms with van der Waals surface area (Å²) in [7, 11) is 1.93. The molecule has 0 aliphatic heterocycles. The number of hydrogen-bond donors (Lipinski definition) is 2. The molecule has 2 rings (SSSR count).